The van der Waals surface area contributed by atoms with E-state index in [2.05, 4.69) is 0 Å². The Morgan fingerprint density at radius 2 is 1.90 bits per heavy atom. The molecule has 2 aromatic carbocycles. The van der Waals surface area contributed by atoms with Crippen LogP contribution in [0, 0.1) is 6.92 Å². The van der Waals surface area contributed by atoms with Crippen molar-refractivity contribution < 1.29 is 19.4 Å². The highest BCUT2D eigenvalue weighted by atomic mass is 16.5. The van der Waals surface area contributed by atoms with Crippen LogP contribution in [0.5, 0.6) is 17.2 Å². The summed E-state index contributed by atoms with van der Waals surface area (Å²) < 4.78 is 11.0. The van der Waals surface area contributed by atoms with Gasteiger partial charge in [0.05, 0.1) is 7.11 Å². The summed E-state index contributed by atoms with van der Waals surface area (Å²) in [6.45, 7) is 1.93. The van der Waals surface area contributed by atoms with Crippen molar-refractivity contribution in [2.45, 2.75) is 6.92 Å². The Kier molecular flexibility index (Phi) is 4.61. The van der Waals surface area contributed by atoms with Gasteiger partial charge in [0.25, 0.3) is 0 Å². The molecular formula is C17H16O4. The van der Waals surface area contributed by atoms with Crippen molar-refractivity contribution in [2.24, 2.45) is 0 Å². The maximum atomic E-state index is 10.6. The number of ether oxygens (including phenoxy) is 2. The SMILES string of the molecule is COc1cccc(Oc2cc(/C=C/C(=O)O)ccc2C)c1. The summed E-state index contributed by atoms with van der Waals surface area (Å²) in [5.41, 5.74) is 1.73. The number of benzene rings is 2. The highest BCUT2D eigenvalue weighted by Crippen LogP contribution is 2.28. The monoisotopic (exact) mass is 284 g/mol. The Morgan fingerprint density at radius 3 is 2.62 bits per heavy atom. The minimum absolute atomic E-state index is 0.664. The lowest BCUT2D eigenvalue weighted by Gasteiger charge is -2.10. The van der Waals surface area contributed by atoms with E-state index in [1.807, 2.05) is 37.3 Å². The fourth-order valence-electron chi connectivity index (χ4n) is 1.79. The van der Waals surface area contributed by atoms with Gasteiger partial charge < -0.3 is 14.6 Å². The second-order valence-corrected chi connectivity index (χ2v) is 4.48. The Balaban J connectivity index is 2.26. The Labute approximate surface area is 123 Å². The van der Waals surface area contributed by atoms with Gasteiger partial charge in [-0.3, -0.25) is 0 Å². The van der Waals surface area contributed by atoms with Gasteiger partial charge in [-0.15, -0.1) is 0 Å². The third-order valence-electron chi connectivity index (χ3n) is 2.90. The second kappa shape index (κ2) is 6.61. The minimum atomic E-state index is -0.981. The van der Waals surface area contributed by atoms with Gasteiger partial charge in [-0.1, -0.05) is 18.2 Å². The predicted octanol–water partition coefficient (Wildman–Crippen LogP) is 3.89. The molecule has 4 nitrogen and oxygen atoms in total. The van der Waals surface area contributed by atoms with E-state index in [0.717, 1.165) is 17.2 Å². The molecular weight excluding hydrogens is 268 g/mol. The van der Waals surface area contributed by atoms with Gasteiger partial charge >= 0.3 is 5.97 Å². The van der Waals surface area contributed by atoms with Crippen molar-refractivity contribution in [3.63, 3.8) is 0 Å². The van der Waals surface area contributed by atoms with Crippen molar-refractivity contribution in [3.05, 3.63) is 59.7 Å². The quantitative estimate of drug-likeness (QED) is 0.846. The molecule has 0 saturated carbocycles. The second-order valence-electron chi connectivity index (χ2n) is 4.48. The topological polar surface area (TPSA) is 55.8 Å². The highest BCUT2D eigenvalue weighted by Gasteiger charge is 2.04. The Hall–Kier alpha value is -2.75. The lowest BCUT2D eigenvalue weighted by atomic mass is 10.1. The first kappa shape index (κ1) is 14.7. The third kappa shape index (κ3) is 4.11. The molecule has 0 heterocycles. The molecule has 0 atom stereocenters. The van der Waals surface area contributed by atoms with Crippen LogP contribution in [0.4, 0.5) is 0 Å². The molecule has 0 fully saturated rings. The lowest BCUT2D eigenvalue weighted by Crippen LogP contribution is -1.90. The van der Waals surface area contributed by atoms with Gasteiger partial charge in [0.1, 0.15) is 17.2 Å². The van der Waals surface area contributed by atoms with Gasteiger partial charge in [-0.25, -0.2) is 4.79 Å². The maximum Gasteiger partial charge on any atom is 0.328 e. The van der Waals surface area contributed by atoms with Crippen LogP contribution in [0.1, 0.15) is 11.1 Å². The first-order valence-corrected chi connectivity index (χ1v) is 6.42. The first-order valence-electron chi connectivity index (χ1n) is 6.42. The van der Waals surface area contributed by atoms with Crippen molar-refractivity contribution in [3.8, 4) is 17.2 Å². The molecule has 108 valence electrons. The Bertz CT molecular complexity index is 674. The molecule has 21 heavy (non-hydrogen) atoms. The molecule has 0 aromatic heterocycles. The fraction of sp³-hybridized carbons (Fsp3) is 0.118. The average Bonchev–Trinajstić information content (AvgIpc) is 2.48. The molecule has 0 unspecified atom stereocenters. The highest BCUT2D eigenvalue weighted by molar-refractivity contribution is 5.85. The molecule has 0 aliphatic heterocycles. The number of rotatable bonds is 5. The number of aryl methyl sites for hydroxylation is 1. The molecule has 4 heteroatoms. The largest absolute Gasteiger partial charge is 0.497 e. The molecule has 0 radical (unpaired) electrons. The van der Waals surface area contributed by atoms with Crippen LogP contribution >= 0.6 is 0 Å². The number of hydrogen-bond acceptors (Lipinski definition) is 3. The summed E-state index contributed by atoms with van der Waals surface area (Å²) in [6, 6.07) is 12.8. The van der Waals surface area contributed by atoms with Crippen LogP contribution in [0.15, 0.2) is 48.5 Å². The van der Waals surface area contributed by atoms with Crippen molar-refractivity contribution in [1.82, 2.24) is 0 Å². The predicted molar refractivity (Wildman–Crippen MR) is 80.9 cm³/mol. The molecule has 2 aromatic rings. The number of carboxylic acid groups (broad SMARTS) is 1. The molecule has 1 N–H and O–H groups in total. The molecule has 2 rings (SSSR count). The summed E-state index contributed by atoms with van der Waals surface area (Å²) in [5, 5.41) is 8.66. The van der Waals surface area contributed by atoms with E-state index in [9.17, 15) is 4.79 Å². The maximum absolute atomic E-state index is 10.6. The van der Waals surface area contributed by atoms with Gasteiger partial charge in [0.15, 0.2) is 0 Å². The first-order chi connectivity index (χ1) is 10.1. The summed E-state index contributed by atoms with van der Waals surface area (Å²) >= 11 is 0. The van der Waals surface area contributed by atoms with E-state index in [4.69, 9.17) is 14.6 Å². The summed E-state index contributed by atoms with van der Waals surface area (Å²) in [7, 11) is 1.60. The molecule has 0 amide bonds. The summed E-state index contributed by atoms with van der Waals surface area (Å²) in [6.07, 6.45) is 2.63. The normalized spacial score (nSPS) is 10.6. The van der Waals surface area contributed by atoms with Crippen LogP contribution in [-0.2, 0) is 4.79 Å². The molecule has 0 aliphatic carbocycles. The van der Waals surface area contributed by atoms with E-state index in [1.54, 1.807) is 19.2 Å². The van der Waals surface area contributed by atoms with Gasteiger partial charge in [0, 0.05) is 12.1 Å². The van der Waals surface area contributed by atoms with E-state index in [-0.39, 0.29) is 0 Å². The molecule has 0 bridgehead atoms. The van der Waals surface area contributed by atoms with E-state index in [0.29, 0.717) is 17.2 Å². The van der Waals surface area contributed by atoms with E-state index in [1.165, 1.54) is 6.08 Å². The van der Waals surface area contributed by atoms with Gasteiger partial charge in [0.2, 0.25) is 0 Å². The number of carboxylic acids is 1. The van der Waals surface area contributed by atoms with Gasteiger partial charge in [-0.05, 0) is 42.3 Å². The van der Waals surface area contributed by atoms with E-state index < -0.39 is 5.97 Å². The molecule has 0 spiro atoms. The molecule has 0 saturated heterocycles. The fourth-order valence-corrected chi connectivity index (χ4v) is 1.79. The average molecular weight is 284 g/mol. The zero-order valence-corrected chi connectivity index (χ0v) is 11.9. The summed E-state index contributed by atoms with van der Waals surface area (Å²) in [5.74, 6) is 1.07. The Morgan fingerprint density at radius 1 is 1.14 bits per heavy atom. The number of carbonyl (C=O) groups is 1. The zero-order valence-electron chi connectivity index (χ0n) is 11.9. The standard InChI is InChI=1S/C17H16O4/c1-12-6-7-13(8-9-17(18)19)10-16(12)21-15-5-3-4-14(11-15)20-2/h3-11H,1-2H3,(H,18,19)/b9-8+. The van der Waals surface area contributed by atoms with Crippen molar-refractivity contribution >= 4 is 12.0 Å². The van der Waals surface area contributed by atoms with Crippen LogP contribution in [0.2, 0.25) is 0 Å². The van der Waals surface area contributed by atoms with E-state index >= 15 is 0 Å². The van der Waals surface area contributed by atoms with Crippen molar-refractivity contribution in [1.29, 1.82) is 0 Å². The van der Waals surface area contributed by atoms with Gasteiger partial charge in [-0.2, -0.15) is 0 Å². The number of aliphatic carboxylic acids is 1. The van der Waals surface area contributed by atoms with Crippen LogP contribution < -0.4 is 9.47 Å². The van der Waals surface area contributed by atoms with Crippen LogP contribution in [0.25, 0.3) is 6.08 Å². The van der Waals surface area contributed by atoms with Crippen LogP contribution in [-0.4, -0.2) is 18.2 Å². The van der Waals surface area contributed by atoms with Crippen molar-refractivity contribution in [2.75, 3.05) is 7.11 Å². The molecule has 0 aliphatic rings. The number of hydrogen-bond donors (Lipinski definition) is 1. The van der Waals surface area contributed by atoms with Crippen LogP contribution in [0.3, 0.4) is 0 Å². The lowest BCUT2D eigenvalue weighted by molar-refractivity contribution is -0.131. The summed E-state index contributed by atoms with van der Waals surface area (Å²) in [4.78, 5) is 10.6. The third-order valence-corrected chi connectivity index (χ3v) is 2.90. The zero-order chi connectivity index (χ0) is 15.2. The number of methoxy groups -OCH3 is 1. The minimum Gasteiger partial charge on any atom is -0.497 e. The smallest absolute Gasteiger partial charge is 0.328 e.